The summed E-state index contributed by atoms with van der Waals surface area (Å²) < 4.78 is 14.3. The molecule has 0 spiro atoms. The van der Waals surface area contributed by atoms with E-state index in [-0.39, 0.29) is 0 Å². The highest BCUT2D eigenvalue weighted by Crippen LogP contribution is 2.35. The molecule has 0 fully saturated rings. The molecule has 27 heavy (non-hydrogen) atoms. The fourth-order valence-corrected chi connectivity index (χ4v) is 3.08. The molecule has 0 amide bonds. The summed E-state index contributed by atoms with van der Waals surface area (Å²) in [5.41, 5.74) is 4.49. The molecule has 8 heteroatoms. The molecule has 1 N–H and O–H groups in total. The van der Waals surface area contributed by atoms with Crippen molar-refractivity contribution in [3.63, 3.8) is 0 Å². The largest absolute Gasteiger partial charge is 0.493 e. The van der Waals surface area contributed by atoms with Crippen LogP contribution in [0, 0.1) is 6.92 Å². The molecule has 0 unspecified atom stereocenters. The summed E-state index contributed by atoms with van der Waals surface area (Å²) in [5, 5.41) is 11.9. The summed E-state index contributed by atoms with van der Waals surface area (Å²) in [7, 11) is 5.14. The number of nitrogens with one attached hydrogen (secondary N) is 1. The van der Waals surface area contributed by atoms with Gasteiger partial charge in [0.25, 0.3) is 0 Å². The standard InChI is InChI=1S/C19H20N6O2/c1-12-7-14(8-16(26-3)18(12)27-4)22-17-5-6-25-19(23-17)15(10-21-25)13-9-20-24(2)11-13/h5-11H,1-4H3,(H,22,23). The molecular weight excluding hydrogens is 344 g/mol. The number of aromatic nitrogens is 5. The molecule has 0 radical (unpaired) electrons. The lowest BCUT2D eigenvalue weighted by atomic mass is 10.2. The van der Waals surface area contributed by atoms with Crippen LogP contribution in [0.15, 0.2) is 43.0 Å². The first kappa shape index (κ1) is 16.9. The number of fused-ring (bicyclic) bond motifs is 1. The summed E-state index contributed by atoms with van der Waals surface area (Å²) in [6.45, 7) is 1.97. The zero-order chi connectivity index (χ0) is 19.0. The minimum Gasteiger partial charge on any atom is -0.493 e. The van der Waals surface area contributed by atoms with Crippen LogP contribution in [0.5, 0.6) is 11.5 Å². The molecule has 0 aliphatic heterocycles. The van der Waals surface area contributed by atoms with Gasteiger partial charge < -0.3 is 14.8 Å². The van der Waals surface area contributed by atoms with Crippen molar-refractivity contribution in [1.29, 1.82) is 0 Å². The molecule has 0 aliphatic carbocycles. The van der Waals surface area contributed by atoms with E-state index in [2.05, 4.69) is 15.5 Å². The second kappa shape index (κ2) is 6.64. The van der Waals surface area contributed by atoms with Crippen LogP contribution in [0.3, 0.4) is 0 Å². The highest BCUT2D eigenvalue weighted by atomic mass is 16.5. The molecule has 0 saturated heterocycles. The van der Waals surface area contributed by atoms with E-state index in [9.17, 15) is 0 Å². The lowest BCUT2D eigenvalue weighted by Crippen LogP contribution is -1.99. The monoisotopic (exact) mass is 364 g/mol. The Balaban J connectivity index is 1.72. The number of methoxy groups -OCH3 is 2. The Hall–Kier alpha value is -3.55. The van der Waals surface area contributed by atoms with Crippen molar-refractivity contribution in [1.82, 2.24) is 24.4 Å². The van der Waals surface area contributed by atoms with Crippen LogP contribution in [0.4, 0.5) is 11.5 Å². The number of hydrogen-bond acceptors (Lipinski definition) is 6. The maximum Gasteiger partial charge on any atom is 0.165 e. The van der Waals surface area contributed by atoms with Gasteiger partial charge >= 0.3 is 0 Å². The fraction of sp³-hybridized carbons (Fsp3) is 0.211. The number of ether oxygens (including phenoxy) is 2. The van der Waals surface area contributed by atoms with Crippen LogP contribution < -0.4 is 14.8 Å². The first-order chi connectivity index (χ1) is 13.1. The van der Waals surface area contributed by atoms with E-state index in [1.807, 2.05) is 44.6 Å². The van der Waals surface area contributed by atoms with Crippen LogP contribution in [0.25, 0.3) is 16.8 Å². The first-order valence-electron chi connectivity index (χ1n) is 8.42. The first-order valence-corrected chi connectivity index (χ1v) is 8.42. The molecule has 3 aromatic heterocycles. The maximum absolute atomic E-state index is 5.42. The second-order valence-corrected chi connectivity index (χ2v) is 6.20. The Morgan fingerprint density at radius 1 is 1.07 bits per heavy atom. The predicted octanol–water partition coefficient (Wildman–Crippen LogP) is 3.20. The maximum atomic E-state index is 5.42. The number of hydrogen-bond donors (Lipinski definition) is 1. The quantitative estimate of drug-likeness (QED) is 0.586. The SMILES string of the molecule is COc1cc(Nc2ccn3ncc(-c4cnn(C)c4)c3n2)cc(C)c1OC. The topological polar surface area (TPSA) is 78.5 Å². The molecule has 0 saturated carbocycles. The van der Waals surface area contributed by atoms with E-state index in [0.717, 1.165) is 33.8 Å². The Morgan fingerprint density at radius 3 is 2.63 bits per heavy atom. The zero-order valence-electron chi connectivity index (χ0n) is 15.6. The Kier molecular flexibility index (Phi) is 4.15. The average molecular weight is 364 g/mol. The molecule has 0 aliphatic rings. The summed E-state index contributed by atoms with van der Waals surface area (Å²) in [6, 6.07) is 5.75. The van der Waals surface area contributed by atoms with E-state index in [1.54, 1.807) is 35.8 Å². The van der Waals surface area contributed by atoms with Gasteiger partial charge in [0.2, 0.25) is 0 Å². The zero-order valence-corrected chi connectivity index (χ0v) is 15.6. The van der Waals surface area contributed by atoms with Crippen molar-refractivity contribution in [3.8, 4) is 22.6 Å². The molecule has 138 valence electrons. The van der Waals surface area contributed by atoms with Gasteiger partial charge in [-0.05, 0) is 24.6 Å². The van der Waals surface area contributed by atoms with Crippen molar-refractivity contribution >= 4 is 17.2 Å². The minimum absolute atomic E-state index is 0.668. The van der Waals surface area contributed by atoms with Crippen LogP contribution in [-0.2, 0) is 7.05 Å². The van der Waals surface area contributed by atoms with Crippen molar-refractivity contribution in [2.75, 3.05) is 19.5 Å². The van der Waals surface area contributed by atoms with Crippen LogP contribution in [-0.4, -0.2) is 38.6 Å². The Bertz CT molecular complexity index is 1110. The van der Waals surface area contributed by atoms with Crippen molar-refractivity contribution in [2.24, 2.45) is 7.05 Å². The Morgan fingerprint density at radius 2 is 1.93 bits per heavy atom. The molecule has 4 aromatic rings. The van der Waals surface area contributed by atoms with E-state index < -0.39 is 0 Å². The number of benzene rings is 1. The summed E-state index contributed by atoms with van der Waals surface area (Å²) in [5.74, 6) is 2.10. The van der Waals surface area contributed by atoms with Gasteiger partial charge in [0.05, 0.1) is 26.6 Å². The number of rotatable bonds is 5. The van der Waals surface area contributed by atoms with E-state index >= 15 is 0 Å². The molecule has 8 nitrogen and oxygen atoms in total. The van der Waals surface area contributed by atoms with Crippen LogP contribution >= 0.6 is 0 Å². The predicted molar refractivity (Wildman–Crippen MR) is 103 cm³/mol. The number of anilines is 2. The smallest absolute Gasteiger partial charge is 0.165 e. The molecule has 0 atom stereocenters. The average Bonchev–Trinajstić information content (AvgIpc) is 3.26. The molecule has 0 bridgehead atoms. The number of aryl methyl sites for hydroxylation is 2. The molecule has 4 rings (SSSR count). The molecular formula is C19H20N6O2. The van der Waals surface area contributed by atoms with Gasteiger partial charge in [-0.2, -0.15) is 10.2 Å². The van der Waals surface area contributed by atoms with Crippen molar-refractivity contribution in [2.45, 2.75) is 6.92 Å². The van der Waals surface area contributed by atoms with Crippen molar-refractivity contribution < 1.29 is 9.47 Å². The van der Waals surface area contributed by atoms with Gasteiger partial charge in [0.1, 0.15) is 5.82 Å². The Labute approximate surface area is 156 Å². The van der Waals surface area contributed by atoms with Gasteiger partial charge in [-0.1, -0.05) is 0 Å². The van der Waals surface area contributed by atoms with Crippen LogP contribution in [0.1, 0.15) is 5.56 Å². The molecule has 1 aromatic carbocycles. The fourth-order valence-electron chi connectivity index (χ4n) is 3.08. The van der Waals surface area contributed by atoms with Gasteiger partial charge in [-0.3, -0.25) is 4.68 Å². The van der Waals surface area contributed by atoms with E-state index in [0.29, 0.717) is 11.6 Å². The van der Waals surface area contributed by atoms with Gasteiger partial charge in [0.15, 0.2) is 17.1 Å². The highest BCUT2D eigenvalue weighted by Gasteiger charge is 2.12. The third kappa shape index (κ3) is 3.05. The lowest BCUT2D eigenvalue weighted by Gasteiger charge is -2.14. The number of nitrogens with zero attached hydrogens (tertiary/aromatic N) is 5. The van der Waals surface area contributed by atoms with E-state index in [1.165, 1.54) is 0 Å². The van der Waals surface area contributed by atoms with Crippen LogP contribution in [0.2, 0.25) is 0 Å². The lowest BCUT2D eigenvalue weighted by molar-refractivity contribution is 0.353. The summed E-state index contributed by atoms with van der Waals surface area (Å²) >= 11 is 0. The van der Waals surface area contributed by atoms with Gasteiger partial charge in [0, 0.05) is 42.3 Å². The van der Waals surface area contributed by atoms with Gasteiger partial charge in [-0.25, -0.2) is 9.50 Å². The van der Waals surface area contributed by atoms with Crippen molar-refractivity contribution in [3.05, 3.63) is 48.5 Å². The van der Waals surface area contributed by atoms with E-state index in [4.69, 9.17) is 14.5 Å². The molecule has 3 heterocycles. The minimum atomic E-state index is 0.668. The normalized spacial score (nSPS) is 11.0. The van der Waals surface area contributed by atoms with Gasteiger partial charge in [-0.15, -0.1) is 0 Å². The highest BCUT2D eigenvalue weighted by molar-refractivity contribution is 5.77. The third-order valence-electron chi connectivity index (χ3n) is 4.32. The summed E-state index contributed by atoms with van der Waals surface area (Å²) in [4.78, 5) is 4.72. The third-order valence-corrected chi connectivity index (χ3v) is 4.32. The summed E-state index contributed by atoms with van der Waals surface area (Å²) in [6.07, 6.45) is 7.41. The second-order valence-electron chi connectivity index (χ2n) is 6.20.